The zero-order valence-corrected chi connectivity index (χ0v) is 14.9. The van der Waals surface area contributed by atoms with Crippen LogP contribution in [0.5, 0.6) is 17.2 Å². The molecule has 0 atom stereocenters. The van der Waals surface area contributed by atoms with Crippen molar-refractivity contribution < 1.29 is 19.0 Å². The molecular weight excluding hydrogens is 308 g/mol. The molecule has 1 aromatic carbocycles. The standard InChI is InChI=1S/C18H28N2O4/c1-22-15-12-14(13-16(23-2)18(15)24-3)19-17(21)8-11-20-9-6-4-5-7-10-20/h12-13H,4-11H2,1-3H3,(H,19,21). The van der Waals surface area contributed by atoms with E-state index in [1.807, 2.05) is 0 Å². The van der Waals surface area contributed by atoms with E-state index in [2.05, 4.69) is 10.2 Å². The summed E-state index contributed by atoms with van der Waals surface area (Å²) in [6.45, 7) is 2.99. The predicted octanol–water partition coefficient (Wildman–Crippen LogP) is 2.92. The van der Waals surface area contributed by atoms with Gasteiger partial charge in [0, 0.05) is 30.8 Å². The third-order valence-corrected chi connectivity index (χ3v) is 4.30. The van der Waals surface area contributed by atoms with Gasteiger partial charge < -0.3 is 24.4 Å². The van der Waals surface area contributed by atoms with Gasteiger partial charge in [-0.1, -0.05) is 12.8 Å². The number of amides is 1. The lowest BCUT2D eigenvalue weighted by Gasteiger charge is -2.19. The number of ether oxygens (including phenoxy) is 3. The molecule has 0 saturated carbocycles. The van der Waals surface area contributed by atoms with Crippen LogP contribution in [0.25, 0.3) is 0 Å². The summed E-state index contributed by atoms with van der Waals surface area (Å²) in [5, 5.41) is 2.92. The second kappa shape index (κ2) is 9.37. The number of anilines is 1. The van der Waals surface area contributed by atoms with Crippen LogP contribution in [0.15, 0.2) is 12.1 Å². The largest absolute Gasteiger partial charge is 0.493 e. The molecule has 1 aromatic rings. The third kappa shape index (κ3) is 5.03. The maximum Gasteiger partial charge on any atom is 0.225 e. The number of carbonyl (C=O) groups excluding carboxylic acids is 1. The molecule has 1 amide bonds. The Morgan fingerprint density at radius 2 is 1.58 bits per heavy atom. The van der Waals surface area contributed by atoms with Gasteiger partial charge in [0.1, 0.15) is 0 Å². The molecule has 1 saturated heterocycles. The van der Waals surface area contributed by atoms with Crippen LogP contribution < -0.4 is 19.5 Å². The van der Waals surface area contributed by atoms with Gasteiger partial charge in [0.2, 0.25) is 11.7 Å². The third-order valence-electron chi connectivity index (χ3n) is 4.30. The monoisotopic (exact) mass is 336 g/mol. The van der Waals surface area contributed by atoms with Gasteiger partial charge in [-0.2, -0.15) is 0 Å². The Morgan fingerprint density at radius 1 is 1.00 bits per heavy atom. The highest BCUT2D eigenvalue weighted by molar-refractivity contribution is 5.91. The van der Waals surface area contributed by atoms with Crippen LogP contribution in [-0.4, -0.2) is 51.8 Å². The molecule has 0 radical (unpaired) electrons. The summed E-state index contributed by atoms with van der Waals surface area (Å²) >= 11 is 0. The van der Waals surface area contributed by atoms with E-state index in [0.29, 0.717) is 29.4 Å². The molecule has 1 aliphatic heterocycles. The number of nitrogens with one attached hydrogen (secondary N) is 1. The Morgan fingerprint density at radius 3 is 2.08 bits per heavy atom. The molecule has 1 N–H and O–H groups in total. The lowest BCUT2D eigenvalue weighted by molar-refractivity contribution is -0.116. The van der Waals surface area contributed by atoms with E-state index in [1.165, 1.54) is 25.7 Å². The van der Waals surface area contributed by atoms with Gasteiger partial charge in [-0.3, -0.25) is 4.79 Å². The van der Waals surface area contributed by atoms with Crippen LogP contribution in [0.1, 0.15) is 32.1 Å². The van der Waals surface area contributed by atoms with Crippen molar-refractivity contribution in [2.45, 2.75) is 32.1 Å². The zero-order valence-electron chi connectivity index (χ0n) is 14.9. The predicted molar refractivity (Wildman–Crippen MR) is 94.3 cm³/mol. The van der Waals surface area contributed by atoms with Crippen LogP contribution >= 0.6 is 0 Å². The number of methoxy groups -OCH3 is 3. The minimum Gasteiger partial charge on any atom is -0.493 e. The van der Waals surface area contributed by atoms with Gasteiger partial charge in [0.05, 0.1) is 21.3 Å². The molecule has 24 heavy (non-hydrogen) atoms. The lowest BCUT2D eigenvalue weighted by atomic mass is 10.2. The second-order valence-corrected chi connectivity index (χ2v) is 5.97. The van der Waals surface area contributed by atoms with Crippen molar-refractivity contribution >= 4 is 11.6 Å². The maximum atomic E-state index is 12.2. The van der Waals surface area contributed by atoms with Gasteiger partial charge in [-0.25, -0.2) is 0 Å². The Hall–Kier alpha value is -1.95. The number of carbonyl (C=O) groups is 1. The van der Waals surface area contributed by atoms with Gasteiger partial charge in [-0.05, 0) is 25.9 Å². The molecule has 1 aliphatic rings. The Balaban J connectivity index is 1.95. The molecule has 1 heterocycles. The molecule has 6 heteroatoms. The summed E-state index contributed by atoms with van der Waals surface area (Å²) in [4.78, 5) is 14.6. The molecule has 2 rings (SSSR count). The van der Waals surface area contributed by atoms with Crippen molar-refractivity contribution in [2.75, 3.05) is 46.3 Å². The molecular formula is C18H28N2O4. The molecule has 1 fully saturated rings. The van der Waals surface area contributed by atoms with E-state index in [9.17, 15) is 4.79 Å². The molecule has 0 aliphatic carbocycles. The van der Waals surface area contributed by atoms with Crippen molar-refractivity contribution in [1.82, 2.24) is 4.90 Å². The summed E-state index contributed by atoms with van der Waals surface area (Å²) in [6, 6.07) is 3.48. The van der Waals surface area contributed by atoms with Crippen LogP contribution in [-0.2, 0) is 4.79 Å². The fourth-order valence-corrected chi connectivity index (χ4v) is 3.00. The van der Waals surface area contributed by atoms with Gasteiger partial charge in [-0.15, -0.1) is 0 Å². The molecule has 0 aromatic heterocycles. The van der Waals surface area contributed by atoms with E-state index in [1.54, 1.807) is 33.5 Å². The van der Waals surface area contributed by atoms with Gasteiger partial charge in [0.25, 0.3) is 0 Å². The summed E-state index contributed by atoms with van der Waals surface area (Å²) in [7, 11) is 4.67. The second-order valence-electron chi connectivity index (χ2n) is 5.97. The number of nitrogens with zero attached hydrogens (tertiary/aromatic N) is 1. The van der Waals surface area contributed by atoms with Crippen LogP contribution in [0.2, 0.25) is 0 Å². The first-order chi connectivity index (χ1) is 11.7. The van der Waals surface area contributed by atoms with Crippen molar-refractivity contribution in [3.63, 3.8) is 0 Å². The van der Waals surface area contributed by atoms with Crippen LogP contribution in [0, 0.1) is 0 Å². The fourth-order valence-electron chi connectivity index (χ4n) is 3.00. The Kier molecular flexibility index (Phi) is 7.18. The molecule has 6 nitrogen and oxygen atoms in total. The highest BCUT2D eigenvalue weighted by Gasteiger charge is 2.15. The topological polar surface area (TPSA) is 60.0 Å². The first-order valence-electron chi connectivity index (χ1n) is 8.50. The number of benzene rings is 1. The van der Waals surface area contributed by atoms with E-state index in [-0.39, 0.29) is 5.91 Å². The molecule has 0 spiro atoms. The number of hydrogen-bond acceptors (Lipinski definition) is 5. The summed E-state index contributed by atoms with van der Waals surface area (Å²) in [5.41, 5.74) is 0.644. The minimum absolute atomic E-state index is 0.00600. The summed E-state index contributed by atoms with van der Waals surface area (Å²) in [6.07, 6.45) is 5.54. The SMILES string of the molecule is COc1cc(NC(=O)CCN2CCCCCC2)cc(OC)c1OC. The van der Waals surface area contributed by atoms with Crippen molar-refractivity contribution in [1.29, 1.82) is 0 Å². The number of hydrogen-bond donors (Lipinski definition) is 1. The Bertz CT molecular complexity index is 515. The highest BCUT2D eigenvalue weighted by Crippen LogP contribution is 2.39. The van der Waals surface area contributed by atoms with Crippen molar-refractivity contribution in [3.8, 4) is 17.2 Å². The average molecular weight is 336 g/mol. The van der Waals surface area contributed by atoms with Crippen LogP contribution in [0.4, 0.5) is 5.69 Å². The van der Waals surface area contributed by atoms with Crippen molar-refractivity contribution in [3.05, 3.63) is 12.1 Å². The average Bonchev–Trinajstić information content (AvgIpc) is 2.87. The molecule has 0 unspecified atom stereocenters. The van der Waals surface area contributed by atoms with E-state index in [4.69, 9.17) is 14.2 Å². The normalized spacial score (nSPS) is 15.5. The Labute approximate surface area is 144 Å². The van der Waals surface area contributed by atoms with Gasteiger partial charge >= 0.3 is 0 Å². The summed E-state index contributed by atoms with van der Waals surface area (Å²) < 4.78 is 15.9. The zero-order chi connectivity index (χ0) is 17.4. The fraction of sp³-hybridized carbons (Fsp3) is 0.611. The number of rotatable bonds is 7. The first-order valence-corrected chi connectivity index (χ1v) is 8.50. The molecule has 0 bridgehead atoms. The smallest absolute Gasteiger partial charge is 0.225 e. The van der Waals surface area contributed by atoms with E-state index in [0.717, 1.165) is 19.6 Å². The van der Waals surface area contributed by atoms with Gasteiger partial charge in [0.15, 0.2) is 11.5 Å². The molecule has 134 valence electrons. The van der Waals surface area contributed by atoms with Crippen molar-refractivity contribution in [2.24, 2.45) is 0 Å². The summed E-state index contributed by atoms with van der Waals surface area (Å²) in [5.74, 6) is 1.57. The van der Waals surface area contributed by atoms with Crippen LogP contribution in [0.3, 0.4) is 0 Å². The van der Waals surface area contributed by atoms with E-state index < -0.39 is 0 Å². The van der Waals surface area contributed by atoms with E-state index >= 15 is 0 Å². The minimum atomic E-state index is -0.00600. The first kappa shape index (κ1) is 18.4. The quantitative estimate of drug-likeness (QED) is 0.829. The maximum absolute atomic E-state index is 12.2. The lowest BCUT2D eigenvalue weighted by Crippen LogP contribution is -2.28. The number of likely N-dealkylation sites (tertiary alicyclic amines) is 1. The highest BCUT2D eigenvalue weighted by atomic mass is 16.5.